The number of carboxylic acid groups (broad SMARTS) is 1. The number of hydrogen-bond acceptors (Lipinski definition) is 3. The average Bonchev–Trinajstić information content (AvgIpc) is 1.82. The molecule has 0 bridgehead atoms. The van der Waals surface area contributed by atoms with Gasteiger partial charge in [-0.2, -0.15) is 0 Å². The zero-order valence-corrected chi connectivity index (χ0v) is 5.35. The SMILES string of the molecule is [CH2]CNN[C@@H](C)C(=O)O. The van der Waals surface area contributed by atoms with Crippen LogP contribution in [0.15, 0.2) is 0 Å². The first-order valence-electron chi connectivity index (χ1n) is 2.69. The molecule has 0 unspecified atom stereocenters. The van der Waals surface area contributed by atoms with Gasteiger partial charge in [0.1, 0.15) is 6.04 Å². The van der Waals surface area contributed by atoms with Crippen molar-refractivity contribution in [2.45, 2.75) is 13.0 Å². The Balaban J connectivity index is 3.27. The maximum absolute atomic E-state index is 10.1. The largest absolute Gasteiger partial charge is 0.480 e. The molecule has 9 heavy (non-hydrogen) atoms. The van der Waals surface area contributed by atoms with Crippen LogP contribution in [0.3, 0.4) is 0 Å². The van der Waals surface area contributed by atoms with Gasteiger partial charge in [-0.05, 0) is 13.8 Å². The van der Waals surface area contributed by atoms with Crippen LogP contribution in [0.2, 0.25) is 0 Å². The third kappa shape index (κ3) is 3.93. The second kappa shape index (κ2) is 4.29. The van der Waals surface area contributed by atoms with E-state index in [1.54, 1.807) is 6.92 Å². The fourth-order valence-electron chi connectivity index (χ4n) is 0.287. The first-order valence-corrected chi connectivity index (χ1v) is 2.69. The van der Waals surface area contributed by atoms with Crippen LogP contribution in [0.1, 0.15) is 6.92 Å². The molecule has 0 aromatic heterocycles. The Labute approximate surface area is 54.2 Å². The number of rotatable bonds is 4. The summed E-state index contributed by atoms with van der Waals surface area (Å²) in [4.78, 5) is 10.1. The molecule has 0 aromatic rings. The van der Waals surface area contributed by atoms with Crippen LogP contribution in [0, 0.1) is 6.92 Å². The Morgan fingerprint density at radius 3 is 2.78 bits per heavy atom. The smallest absolute Gasteiger partial charge is 0.321 e. The molecule has 4 nitrogen and oxygen atoms in total. The van der Waals surface area contributed by atoms with Gasteiger partial charge in [-0.1, -0.05) is 0 Å². The number of aliphatic carboxylic acids is 1. The summed E-state index contributed by atoms with van der Waals surface area (Å²) in [5.41, 5.74) is 5.11. The zero-order chi connectivity index (χ0) is 7.28. The Morgan fingerprint density at radius 2 is 2.44 bits per heavy atom. The lowest BCUT2D eigenvalue weighted by molar-refractivity contribution is -0.139. The molecule has 0 aliphatic rings. The van der Waals surface area contributed by atoms with Crippen LogP contribution in [-0.2, 0) is 4.79 Å². The molecule has 0 spiro atoms. The van der Waals surface area contributed by atoms with Crippen LogP contribution in [-0.4, -0.2) is 23.7 Å². The summed E-state index contributed by atoms with van der Waals surface area (Å²) in [6.45, 7) is 5.47. The van der Waals surface area contributed by atoms with E-state index in [4.69, 9.17) is 5.11 Å². The van der Waals surface area contributed by atoms with E-state index in [0.717, 1.165) is 0 Å². The summed E-state index contributed by atoms with van der Waals surface area (Å²) >= 11 is 0. The Morgan fingerprint density at radius 1 is 1.89 bits per heavy atom. The standard InChI is InChI=1S/C5H11N2O2/c1-3-6-7-4(2)5(8)9/h4,6-7H,1,3H2,2H3,(H,8,9)/t4-/m0/s1. The molecule has 3 N–H and O–H groups in total. The van der Waals surface area contributed by atoms with Gasteiger partial charge in [0, 0.05) is 6.54 Å². The fraction of sp³-hybridized carbons (Fsp3) is 0.600. The normalized spacial score (nSPS) is 13.1. The predicted molar refractivity (Wildman–Crippen MR) is 33.6 cm³/mol. The minimum Gasteiger partial charge on any atom is -0.480 e. The van der Waals surface area contributed by atoms with Crippen molar-refractivity contribution < 1.29 is 9.90 Å². The maximum Gasteiger partial charge on any atom is 0.321 e. The number of hydrogen-bond donors (Lipinski definition) is 3. The quantitative estimate of drug-likeness (QED) is 0.445. The van der Waals surface area contributed by atoms with E-state index in [1.807, 2.05) is 0 Å². The lowest BCUT2D eigenvalue weighted by Gasteiger charge is -2.07. The highest BCUT2D eigenvalue weighted by molar-refractivity contribution is 5.72. The van der Waals surface area contributed by atoms with E-state index in [0.29, 0.717) is 6.54 Å². The number of hydrazine groups is 1. The van der Waals surface area contributed by atoms with Crippen molar-refractivity contribution >= 4 is 5.97 Å². The average molecular weight is 131 g/mol. The van der Waals surface area contributed by atoms with Gasteiger partial charge in [-0.3, -0.25) is 10.2 Å². The van der Waals surface area contributed by atoms with Gasteiger partial charge in [0.05, 0.1) is 0 Å². The highest BCUT2D eigenvalue weighted by Crippen LogP contribution is 1.75. The monoisotopic (exact) mass is 131 g/mol. The minimum absolute atomic E-state index is 0.470. The topological polar surface area (TPSA) is 61.4 Å². The van der Waals surface area contributed by atoms with Crippen molar-refractivity contribution in [3.63, 3.8) is 0 Å². The Kier molecular flexibility index (Phi) is 4.00. The maximum atomic E-state index is 10.1. The molecule has 4 heteroatoms. The molecule has 0 aliphatic carbocycles. The number of carboxylic acids is 1. The van der Waals surface area contributed by atoms with Crippen LogP contribution in [0.4, 0.5) is 0 Å². The van der Waals surface area contributed by atoms with Crippen LogP contribution in [0.25, 0.3) is 0 Å². The highest BCUT2D eigenvalue weighted by atomic mass is 16.4. The molecule has 0 heterocycles. The van der Waals surface area contributed by atoms with Crippen molar-refractivity contribution in [2.24, 2.45) is 0 Å². The van der Waals surface area contributed by atoms with Crippen LogP contribution in [0.5, 0.6) is 0 Å². The van der Waals surface area contributed by atoms with Crippen LogP contribution >= 0.6 is 0 Å². The fourth-order valence-corrected chi connectivity index (χ4v) is 0.287. The molecular weight excluding hydrogens is 120 g/mol. The van der Waals surface area contributed by atoms with E-state index >= 15 is 0 Å². The summed E-state index contributed by atoms with van der Waals surface area (Å²) in [5.74, 6) is -0.879. The van der Waals surface area contributed by atoms with Crippen molar-refractivity contribution in [1.82, 2.24) is 10.9 Å². The molecule has 0 saturated heterocycles. The molecular formula is C5H11N2O2. The molecule has 0 amide bonds. The Bertz CT molecular complexity index is 95.0. The summed E-state index contributed by atoms with van der Waals surface area (Å²) in [6, 6.07) is -0.563. The van der Waals surface area contributed by atoms with Gasteiger partial charge in [-0.25, -0.2) is 5.43 Å². The van der Waals surface area contributed by atoms with Gasteiger partial charge in [0.25, 0.3) is 0 Å². The lowest BCUT2D eigenvalue weighted by atomic mass is 10.4. The third-order valence-electron chi connectivity index (χ3n) is 0.814. The summed E-state index contributed by atoms with van der Waals surface area (Å²) in [5, 5.41) is 8.29. The second-order valence-corrected chi connectivity index (χ2v) is 1.63. The third-order valence-corrected chi connectivity index (χ3v) is 0.814. The summed E-state index contributed by atoms with van der Waals surface area (Å²) in [6.07, 6.45) is 0. The van der Waals surface area contributed by atoms with Crippen LogP contribution < -0.4 is 10.9 Å². The van der Waals surface area contributed by atoms with Crippen molar-refractivity contribution in [1.29, 1.82) is 0 Å². The van der Waals surface area contributed by atoms with Gasteiger partial charge in [-0.15, -0.1) is 0 Å². The minimum atomic E-state index is -0.879. The van der Waals surface area contributed by atoms with Gasteiger partial charge in [0.2, 0.25) is 0 Å². The molecule has 1 atom stereocenters. The van der Waals surface area contributed by atoms with Crippen molar-refractivity contribution in [3.8, 4) is 0 Å². The van der Waals surface area contributed by atoms with E-state index in [9.17, 15) is 4.79 Å². The highest BCUT2D eigenvalue weighted by Gasteiger charge is 2.06. The van der Waals surface area contributed by atoms with Crippen molar-refractivity contribution in [3.05, 3.63) is 6.92 Å². The molecule has 0 saturated carbocycles. The molecule has 0 aliphatic heterocycles. The molecule has 0 aromatic carbocycles. The number of carbonyl (C=O) groups is 1. The van der Waals surface area contributed by atoms with Gasteiger partial charge >= 0.3 is 5.97 Å². The second-order valence-electron chi connectivity index (χ2n) is 1.63. The lowest BCUT2D eigenvalue weighted by Crippen LogP contribution is -2.43. The first kappa shape index (κ1) is 8.39. The molecule has 0 fully saturated rings. The predicted octanol–water partition coefficient (Wildman–Crippen LogP) is -0.612. The zero-order valence-electron chi connectivity index (χ0n) is 5.35. The van der Waals surface area contributed by atoms with Gasteiger partial charge in [0.15, 0.2) is 0 Å². The molecule has 1 radical (unpaired) electrons. The summed E-state index contributed by atoms with van der Waals surface area (Å²) in [7, 11) is 0. The number of nitrogens with one attached hydrogen (secondary N) is 2. The van der Waals surface area contributed by atoms with Gasteiger partial charge < -0.3 is 5.11 Å². The molecule has 0 rings (SSSR count). The van der Waals surface area contributed by atoms with E-state index < -0.39 is 12.0 Å². The van der Waals surface area contributed by atoms with E-state index in [1.165, 1.54) is 0 Å². The summed E-state index contributed by atoms with van der Waals surface area (Å²) < 4.78 is 0. The van der Waals surface area contributed by atoms with E-state index in [-0.39, 0.29) is 0 Å². The van der Waals surface area contributed by atoms with E-state index in [2.05, 4.69) is 17.8 Å². The first-order chi connectivity index (χ1) is 4.18. The Hall–Kier alpha value is -0.610. The molecule has 53 valence electrons. The van der Waals surface area contributed by atoms with Crippen molar-refractivity contribution in [2.75, 3.05) is 6.54 Å².